The lowest BCUT2D eigenvalue weighted by atomic mass is 10.1. The van der Waals surface area contributed by atoms with E-state index < -0.39 is 6.10 Å². The molecule has 0 aliphatic heterocycles. The number of aromatic nitrogens is 4. The molecule has 2 heterocycles. The van der Waals surface area contributed by atoms with Gasteiger partial charge in [-0.15, -0.1) is 5.10 Å². The van der Waals surface area contributed by atoms with Gasteiger partial charge in [-0.2, -0.15) is 4.63 Å². The molecular formula is C24H36ClN5O2. The van der Waals surface area contributed by atoms with Crippen LogP contribution in [0.25, 0.3) is 5.65 Å². The lowest BCUT2D eigenvalue weighted by Crippen LogP contribution is -2.38. The summed E-state index contributed by atoms with van der Waals surface area (Å²) in [6.45, 7) is 16.6. The number of carbonyl (C=O) groups is 1. The van der Waals surface area contributed by atoms with Crippen molar-refractivity contribution >= 4 is 23.2 Å². The molecule has 0 bridgehead atoms. The van der Waals surface area contributed by atoms with Crippen LogP contribution < -0.4 is 10.1 Å². The maximum absolute atomic E-state index is 12.4. The molecule has 2 aromatic heterocycles. The van der Waals surface area contributed by atoms with Gasteiger partial charge in [0.25, 0.3) is 5.91 Å². The first-order valence-electron chi connectivity index (χ1n) is 11.2. The highest BCUT2D eigenvalue weighted by atomic mass is 35.5. The van der Waals surface area contributed by atoms with E-state index in [1.165, 1.54) is 6.42 Å². The zero-order valence-corrected chi connectivity index (χ0v) is 21.2. The van der Waals surface area contributed by atoms with Gasteiger partial charge in [-0.3, -0.25) is 9.89 Å². The standard InChI is InChI=1S/C19H24ClN5O2.C5H12/c1-10-6-7-15(11(2)8-10)27-14(5)19(26)21-9-12(3)17-22-18-16(20)13(4)23-25(18)24-17;1-4-5(2)3/h6-8,12,14,23H,9H2,1-5H3,(H,21,26);5H,4H2,1-3H3. The zero-order valence-electron chi connectivity index (χ0n) is 20.4. The summed E-state index contributed by atoms with van der Waals surface area (Å²) in [5, 5.41) is 10.9. The molecule has 2 N–H and O–H groups in total. The van der Waals surface area contributed by atoms with Crippen molar-refractivity contribution in [2.45, 2.75) is 73.8 Å². The first-order chi connectivity index (χ1) is 15.0. The molecule has 176 valence electrons. The van der Waals surface area contributed by atoms with Crippen molar-refractivity contribution in [3.05, 3.63) is 45.9 Å². The summed E-state index contributed by atoms with van der Waals surface area (Å²) in [6.07, 6.45) is 0.709. The Hall–Kier alpha value is -2.54. The number of hydrogen-bond donors (Lipinski definition) is 2. The molecule has 0 aliphatic carbocycles. The van der Waals surface area contributed by atoms with E-state index in [0.717, 1.165) is 22.7 Å². The lowest BCUT2D eigenvalue weighted by Gasteiger charge is -2.17. The number of nitrogens with zero attached hydrogens (tertiary/aromatic N) is 3. The Labute approximate surface area is 195 Å². The van der Waals surface area contributed by atoms with Crippen molar-refractivity contribution in [2.24, 2.45) is 5.92 Å². The molecule has 8 heteroatoms. The Kier molecular flexibility index (Phi) is 9.13. The number of hydrogen-bond acceptors (Lipinski definition) is 4. The second kappa shape index (κ2) is 11.4. The minimum Gasteiger partial charge on any atom is -0.481 e. The summed E-state index contributed by atoms with van der Waals surface area (Å²) in [5.41, 5.74) is 3.57. The predicted octanol–water partition coefficient (Wildman–Crippen LogP) is 5.38. The van der Waals surface area contributed by atoms with E-state index >= 15 is 0 Å². The Morgan fingerprint density at radius 2 is 1.88 bits per heavy atom. The molecule has 2 unspecified atom stereocenters. The van der Waals surface area contributed by atoms with Crippen molar-refractivity contribution in [3.8, 4) is 5.75 Å². The molecule has 0 radical (unpaired) electrons. The molecule has 3 aromatic rings. The van der Waals surface area contributed by atoms with Gasteiger partial charge < -0.3 is 10.1 Å². The van der Waals surface area contributed by atoms with Crippen LogP contribution in [0, 0.1) is 26.7 Å². The van der Waals surface area contributed by atoms with Gasteiger partial charge in [0.1, 0.15) is 10.8 Å². The number of halogens is 1. The van der Waals surface area contributed by atoms with Crippen LogP contribution >= 0.6 is 11.6 Å². The fourth-order valence-electron chi connectivity index (χ4n) is 2.80. The van der Waals surface area contributed by atoms with E-state index in [0.29, 0.717) is 28.8 Å². The third-order valence-corrected chi connectivity index (χ3v) is 5.72. The van der Waals surface area contributed by atoms with Crippen molar-refractivity contribution in [2.75, 3.05) is 6.54 Å². The van der Waals surface area contributed by atoms with E-state index in [4.69, 9.17) is 16.3 Å². The quantitative estimate of drug-likeness (QED) is 0.495. The number of rotatable bonds is 7. The van der Waals surface area contributed by atoms with Crippen molar-refractivity contribution in [1.82, 2.24) is 25.1 Å². The summed E-state index contributed by atoms with van der Waals surface area (Å²) >= 11 is 6.19. The minimum atomic E-state index is -0.597. The molecule has 0 saturated heterocycles. The van der Waals surface area contributed by atoms with Gasteiger partial charge in [-0.05, 0) is 45.2 Å². The minimum absolute atomic E-state index is 0.0630. The molecular weight excluding hydrogens is 426 g/mol. The average Bonchev–Trinajstić information content (AvgIpc) is 3.27. The molecule has 7 nitrogen and oxygen atoms in total. The van der Waals surface area contributed by atoms with E-state index in [1.807, 2.05) is 45.9 Å². The topological polar surface area (TPSA) is 84.3 Å². The monoisotopic (exact) mass is 461 g/mol. The molecule has 1 aromatic carbocycles. The van der Waals surface area contributed by atoms with Gasteiger partial charge in [0.2, 0.25) is 0 Å². The number of carbonyl (C=O) groups excluding carboxylic acids is 1. The summed E-state index contributed by atoms with van der Waals surface area (Å²) in [6, 6.07) is 5.88. The van der Waals surface area contributed by atoms with Gasteiger partial charge in [0.05, 0.1) is 5.69 Å². The van der Waals surface area contributed by atoms with Gasteiger partial charge >= 0.3 is 0 Å². The number of benzene rings is 1. The second-order valence-electron chi connectivity index (χ2n) is 8.73. The third-order valence-electron chi connectivity index (χ3n) is 5.27. The molecule has 1 amide bonds. The molecule has 2 atom stereocenters. The average molecular weight is 462 g/mol. The fourth-order valence-corrected chi connectivity index (χ4v) is 2.96. The lowest BCUT2D eigenvalue weighted by molar-refractivity contribution is -0.127. The van der Waals surface area contributed by atoms with Crippen LogP contribution in [0.5, 0.6) is 5.75 Å². The van der Waals surface area contributed by atoms with Crippen LogP contribution in [0.3, 0.4) is 0 Å². The van der Waals surface area contributed by atoms with Crippen molar-refractivity contribution in [1.29, 1.82) is 0 Å². The van der Waals surface area contributed by atoms with E-state index in [9.17, 15) is 4.79 Å². The molecule has 32 heavy (non-hydrogen) atoms. The maximum atomic E-state index is 12.4. The Morgan fingerprint density at radius 3 is 2.44 bits per heavy atom. The zero-order chi connectivity index (χ0) is 24.0. The number of ether oxygens (including phenoxy) is 1. The molecule has 0 saturated carbocycles. The number of aryl methyl sites for hydroxylation is 3. The maximum Gasteiger partial charge on any atom is 0.260 e. The summed E-state index contributed by atoms with van der Waals surface area (Å²) in [5.74, 6) is 1.97. The molecule has 0 spiro atoms. The summed E-state index contributed by atoms with van der Waals surface area (Å²) < 4.78 is 7.35. The Morgan fingerprint density at radius 1 is 1.22 bits per heavy atom. The molecule has 0 fully saturated rings. The van der Waals surface area contributed by atoms with E-state index in [-0.39, 0.29) is 11.8 Å². The summed E-state index contributed by atoms with van der Waals surface area (Å²) in [7, 11) is 0. The van der Waals surface area contributed by atoms with Gasteiger partial charge in [0.15, 0.2) is 17.6 Å². The van der Waals surface area contributed by atoms with Crippen LogP contribution in [0.4, 0.5) is 0 Å². The normalized spacial score (nSPS) is 12.9. The highest BCUT2D eigenvalue weighted by molar-refractivity contribution is 6.34. The van der Waals surface area contributed by atoms with Crippen LogP contribution in [0.2, 0.25) is 5.02 Å². The highest BCUT2D eigenvalue weighted by Gasteiger charge is 2.20. The van der Waals surface area contributed by atoms with Gasteiger partial charge in [0, 0.05) is 12.5 Å². The van der Waals surface area contributed by atoms with Gasteiger partial charge in [-0.25, -0.2) is 4.98 Å². The first kappa shape index (κ1) is 25.7. The van der Waals surface area contributed by atoms with Crippen LogP contribution in [-0.4, -0.2) is 38.4 Å². The molecule has 0 aliphatic rings. The SMILES string of the molecule is CCC(C)C.Cc1ccc(OC(C)C(=O)NCC(C)c2nc3c(Cl)c(C)[nH]n3n2)c(C)c1. The third kappa shape index (κ3) is 6.73. The predicted molar refractivity (Wildman–Crippen MR) is 130 cm³/mol. The van der Waals surface area contributed by atoms with E-state index in [2.05, 4.69) is 41.3 Å². The summed E-state index contributed by atoms with van der Waals surface area (Å²) in [4.78, 5) is 16.8. The van der Waals surface area contributed by atoms with Crippen LogP contribution in [-0.2, 0) is 4.79 Å². The smallest absolute Gasteiger partial charge is 0.260 e. The fraction of sp³-hybridized carbons (Fsp3) is 0.542. The number of aromatic amines is 1. The number of fused-ring (bicyclic) bond motifs is 1. The second-order valence-corrected chi connectivity index (χ2v) is 9.11. The first-order valence-corrected chi connectivity index (χ1v) is 11.5. The Bertz CT molecular complexity index is 1040. The Balaban J connectivity index is 0.000000654. The van der Waals surface area contributed by atoms with Crippen molar-refractivity contribution in [3.63, 3.8) is 0 Å². The number of H-pyrrole nitrogens is 1. The largest absolute Gasteiger partial charge is 0.481 e. The van der Waals surface area contributed by atoms with Crippen LogP contribution in [0.15, 0.2) is 18.2 Å². The number of amides is 1. The highest BCUT2D eigenvalue weighted by Crippen LogP contribution is 2.22. The van der Waals surface area contributed by atoms with Crippen LogP contribution in [0.1, 0.15) is 69.6 Å². The molecule has 3 rings (SSSR count). The van der Waals surface area contributed by atoms with Gasteiger partial charge in [-0.1, -0.05) is 63.4 Å². The van der Waals surface area contributed by atoms with E-state index in [1.54, 1.807) is 11.6 Å². The van der Waals surface area contributed by atoms with Crippen molar-refractivity contribution < 1.29 is 9.53 Å². The number of nitrogens with one attached hydrogen (secondary N) is 2.